The third-order valence-corrected chi connectivity index (χ3v) is 4.11. The normalized spacial score (nSPS) is 11.2. The highest BCUT2D eigenvalue weighted by Gasteiger charge is 2.07. The highest BCUT2D eigenvalue weighted by molar-refractivity contribution is 6.35. The van der Waals surface area contributed by atoms with Gasteiger partial charge in [0.1, 0.15) is 5.75 Å². The maximum Gasteiger partial charge on any atom is 0.277 e. The van der Waals surface area contributed by atoms with Gasteiger partial charge in [-0.2, -0.15) is 5.10 Å². The first kappa shape index (κ1) is 17.3. The monoisotopic (exact) mass is 375 g/mol. The third-order valence-electron chi connectivity index (χ3n) is 3.58. The SMILES string of the molecule is Cc1[nH]c2ccccc2c1/C=N\NC(=O)COc1ccc(Cl)cc1Cl. The molecule has 1 amide bonds. The molecule has 0 spiro atoms. The van der Waals surface area contributed by atoms with Crippen LogP contribution in [0.3, 0.4) is 0 Å². The fourth-order valence-electron chi connectivity index (χ4n) is 2.40. The van der Waals surface area contributed by atoms with Crippen molar-refractivity contribution in [2.24, 2.45) is 5.10 Å². The maximum absolute atomic E-state index is 11.8. The van der Waals surface area contributed by atoms with E-state index in [-0.39, 0.29) is 12.5 Å². The van der Waals surface area contributed by atoms with Crippen LogP contribution in [0, 0.1) is 6.92 Å². The van der Waals surface area contributed by atoms with Gasteiger partial charge in [-0.1, -0.05) is 41.4 Å². The lowest BCUT2D eigenvalue weighted by atomic mass is 10.1. The van der Waals surface area contributed by atoms with Crippen LogP contribution in [0.5, 0.6) is 5.75 Å². The summed E-state index contributed by atoms with van der Waals surface area (Å²) in [5, 5.41) is 5.88. The molecule has 0 fully saturated rings. The number of aromatic amines is 1. The van der Waals surface area contributed by atoms with Gasteiger partial charge in [0, 0.05) is 27.2 Å². The molecule has 0 unspecified atom stereocenters. The number of carbonyl (C=O) groups excluding carboxylic acids is 1. The molecule has 0 radical (unpaired) electrons. The molecule has 25 heavy (non-hydrogen) atoms. The molecular weight excluding hydrogens is 361 g/mol. The summed E-state index contributed by atoms with van der Waals surface area (Å²) < 4.78 is 5.35. The molecule has 2 aromatic carbocycles. The second-order valence-electron chi connectivity index (χ2n) is 5.37. The third kappa shape index (κ3) is 4.13. The molecule has 1 aromatic heterocycles. The Morgan fingerprint density at radius 1 is 1.28 bits per heavy atom. The molecule has 3 rings (SSSR count). The number of halogens is 2. The molecule has 5 nitrogen and oxygen atoms in total. The summed E-state index contributed by atoms with van der Waals surface area (Å²) in [7, 11) is 0. The minimum absolute atomic E-state index is 0.203. The van der Waals surface area contributed by atoms with E-state index in [0.717, 1.165) is 22.2 Å². The highest BCUT2D eigenvalue weighted by Crippen LogP contribution is 2.27. The molecule has 0 aliphatic carbocycles. The molecule has 0 aliphatic heterocycles. The lowest BCUT2D eigenvalue weighted by Crippen LogP contribution is -2.24. The Kier molecular flexibility index (Phi) is 5.26. The van der Waals surface area contributed by atoms with Crippen LogP contribution in [0.15, 0.2) is 47.6 Å². The number of ether oxygens (including phenoxy) is 1. The quantitative estimate of drug-likeness (QED) is 0.515. The van der Waals surface area contributed by atoms with E-state index >= 15 is 0 Å². The molecule has 0 atom stereocenters. The van der Waals surface area contributed by atoms with Gasteiger partial charge in [-0.25, -0.2) is 5.43 Å². The number of nitrogens with zero attached hydrogens (tertiary/aromatic N) is 1. The van der Waals surface area contributed by atoms with Gasteiger partial charge in [0.25, 0.3) is 5.91 Å². The molecular formula is C18H15Cl2N3O2. The first-order valence-corrected chi connectivity index (χ1v) is 8.27. The van der Waals surface area contributed by atoms with Crippen LogP contribution in [-0.2, 0) is 4.79 Å². The molecule has 0 bridgehead atoms. The summed E-state index contributed by atoms with van der Waals surface area (Å²) in [6, 6.07) is 12.7. The number of hydrogen-bond acceptors (Lipinski definition) is 3. The van der Waals surface area contributed by atoms with Crippen LogP contribution in [0.1, 0.15) is 11.3 Å². The average molecular weight is 376 g/mol. The van der Waals surface area contributed by atoms with E-state index in [2.05, 4.69) is 15.5 Å². The summed E-state index contributed by atoms with van der Waals surface area (Å²) in [5.41, 5.74) is 5.36. The number of aryl methyl sites for hydroxylation is 1. The number of hydrazone groups is 1. The molecule has 0 saturated carbocycles. The Balaban J connectivity index is 1.60. The second kappa shape index (κ2) is 7.59. The van der Waals surface area contributed by atoms with Crippen molar-refractivity contribution in [2.75, 3.05) is 6.61 Å². The van der Waals surface area contributed by atoms with E-state index in [1.54, 1.807) is 24.4 Å². The van der Waals surface area contributed by atoms with Crippen molar-refractivity contribution >= 4 is 46.2 Å². The van der Waals surface area contributed by atoms with Crippen LogP contribution in [0.4, 0.5) is 0 Å². The largest absolute Gasteiger partial charge is 0.482 e. The zero-order valence-corrected chi connectivity index (χ0v) is 14.9. The van der Waals surface area contributed by atoms with Gasteiger partial charge in [-0.3, -0.25) is 4.79 Å². The van der Waals surface area contributed by atoms with E-state index in [9.17, 15) is 4.79 Å². The lowest BCUT2D eigenvalue weighted by Gasteiger charge is -2.06. The van der Waals surface area contributed by atoms with E-state index in [4.69, 9.17) is 27.9 Å². The zero-order chi connectivity index (χ0) is 17.8. The molecule has 1 heterocycles. The average Bonchev–Trinajstić information content (AvgIpc) is 2.90. The molecule has 3 aromatic rings. The highest BCUT2D eigenvalue weighted by atomic mass is 35.5. The summed E-state index contributed by atoms with van der Waals surface area (Å²) in [6.07, 6.45) is 1.61. The summed E-state index contributed by atoms with van der Waals surface area (Å²) in [4.78, 5) is 15.1. The van der Waals surface area contributed by atoms with Gasteiger partial charge in [0.15, 0.2) is 6.61 Å². The number of hydrogen-bond donors (Lipinski definition) is 2. The van der Waals surface area contributed by atoms with Gasteiger partial charge in [-0.05, 0) is 31.2 Å². The zero-order valence-electron chi connectivity index (χ0n) is 13.3. The van der Waals surface area contributed by atoms with Gasteiger partial charge < -0.3 is 9.72 Å². The summed E-state index contributed by atoms with van der Waals surface area (Å²) in [5.74, 6) is -0.00238. The van der Waals surface area contributed by atoms with Gasteiger partial charge in [0.05, 0.1) is 11.2 Å². The van der Waals surface area contributed by atoms with Gasteiger partial charge in [0.2, 0.25) is 0 Å². The smallest absolute Gasteiger partial charge is 0.277 e. The number of H-pyrrole nitrogens is 1. The molecule has 7 heteroatoms. The van der Waals surface area contributed by atoms with E-state index in [1.807, 2.05) is 31.2 Å². The standard InChI is InChI=1S/C18H15Cl2N3O2/c1-11-14(13-4-2-3-5-16(13)22-11)9-21-23-18(24)10-25-17-7-6-12(19)8-15(17)20/h2-9,22H,10H2,1H3,(H,23,24)/b21-9-. The Labute approximate surface area is 154 Å². The molecule has 0 saturated heterocycles. The van der Waals surface area contributed by atoms with Crippen molar-refractivity contribution in [3.8, 4) is 5.75 Å². The molecule has 2 N–H and O–H groups in total. The Hall–Kier alpha value is -2.50. The van der Waals surface area contributed by atoms with Crippen molar-refractivity contribution in [3.63, 3.8) is 0 Å². The molecule has 128 valence electrons. The van der Waals surface area contributed by atoms with Crippen LogP contribution < -0.4 is 10.2 Å². The Morgan fingerprint density at radius 3 is 2.88 bits per heavy atom. The van der Waals surface area contributed by atoms with Crippen LogP contribution >= 0.6 is 23.2 Å². The first-order chi connectivity index (χ1) is 12.0. The fourth-order valence-corrected chi connectivity index (χ4v) is 2.86. The summed E-state index contributed by atoms with van der Waals surface area (Å²) in [6.45, 7) is 1.75. The van der Waals surface area contributed by atoms with E-state index < -0.39 is 0 Å². The second-order valence-corrected chi connectivity index (χ2v) is 6.21. The minimum atomic E-state index is -0.389. The topological polar surface area (TPSA) is 66.5 Å². The van der Waals surface area contributed by atoms with Crippen LogP contribution in [0.25, 0.3) is 10.9 Å². The minimum Gasteiger partial charge on any atom is -0.482 e. The van der Waals surface area contributed by atoms with Gasteiger partial charge >= 0.3 is 0 Å². The number of aromatic nitrogens is 1. The van der Waals surface area contributed by atoms with Crippen LogP contribution in [0.2, 0.25) is 10.0 Å². The van der Waals surface area contributed by atoms with Crippen LogP contribution in [-0.4, -0.2) is 23.7 Å². The predicted octanol–water partition coefficient (Wildman–Crippen LogP) is 4.31. The van der Waals surface area contributed by atoms with Crippen molar-refractivity contribution < 1.29 is 9.53 Å². The number of para-hydroxylation sites is 1. The number of amides is 1. The van der Waals surface area contributed by atoms with Crippen molar-refractivity contribution in [2.45, 2.75) is 6.92 Å². The first-order valence-electron chi connectivity index (χ1n) is 7.51. The Bertz CT molecular complexity index is 951. The summed E-state index contributed by atoms with van der Waals surface area (Å²) >= 11 is 11.8. The number of benzene rings is 2. The van der Waals surface area contributed by atoms with Gasteiger partial charge in [-0.15, -0.1) is 0 Å². The van der Waals surface area contributed by atoms with Crippen molar-refractivity contribution in [1.29, 1.82) is 0 Å². The maximum atomic E-state index is 11.8. The predicted molar refractivity (Wildman–Crippen MR) is 101 cm³/mol. The van der Waals surface area contributed by atoms with Crippen molar-refractivity contribution in [1.82, 2.24) is 10.4 Å². The number of fused-ring (bicyclic) bond motifs is 1. The molecule has 0 aliphatic rings. The van der Waals surface area contributed by atoms with Crippen molar-refractivity contribution in [3.05, 3.63) is 63.8 Å². The number of rotatable bonds is 5. The number of nitrogens with one attached hydrogen (secondary N) is 2. The van der Waals surface area contributed by atoms with E-state index in [1.165, 1.54) is 0 Å². The lowest BCUT2D eigenvalue weighted by molar-refractivity contribution is -0.123. The van der Waals surface area contributed by atoms with E-state index in [0.29, 0.717) is 15.8 Å². The number of carbonyl (C=O) groups is 1. The Morgan fingerprint density at radius 2 is 2.08 bits per heavy atom. The fraction of sp³-hybridized carbons (Fsp3) is 0.111.